The van der Waals surface area contributed by atoms with Crippen molar-refractivity contribution < 1.29 is 4.74 Å². The Morgan fingerprint density at radius 3 is 2.80 bits per heavy atom. The number of piperidine rings is 1. The lowest BCUT2D eigenvalue weighted by atomic mass is 10.0. The number of aromatic nitrogens is 2. The van der Waals surface area contributed by atoms with Gasteiger partial charge < -0.3 is 9.64 Å². The number of nitrogens with one attached hydrogen (secondary N) is 2. The second-order valence-electron chi connectivity index (χ2n) is 8.81. The fourth-order valence-corrected chi connectivity index (χ4v) is 4.22. The van der Waals surface area contributed by atoms with E-state index in [9.17, 15) is 10.1 Å². The van der Waals surface area contributed by atoms with Crippen LogP contribution in [0.3, 0.4) is 0 Å². The number of hydrogen-bond donors (Lipinski definition) is 2. The van der Waals surface area contributed by atoms with Gasteiger partial charge in [-0.05, 0) is 61.6 Å². The number of anilines is 1. The molecule has 180 valence electrons. The van der Waals surface area contributed by atoms with Gasteiger partial charge in [0.05, 0.1) is 18.5 Å². The van der Waals surface area contributed by atoms with Crippen molar-refractivity contribution in [2.75, 3.05) is 31.7 Å². The average Bonchev–Trinajstić information content (AvgIpc) is 2.88. The van der Waals surface area contributed by atoms with Crippen LogP contribution in [0.1, 0.15) is 37.3 Å². The molecular weight excluding hydrogens is 440 g/mol. The van der Waals surface area contributed by atoms with E-state index in [4.69, 9.17) is 4.74 Å². The van der Waals surface area contributed by atoms with Crippen LogP contribution in [0.2, 0.25) is 0 Å². The molecule has 0 radical (unpaired) electrons. The zero-order chi connectivity index (χ0) is 24.5. The second-order valence-corrected chi connectivity index (χ2v) is 8.81. The number of rotatable bonds is 9. The van der Waals surface area contributed by atoms with Crippen molar-refractivity contribution in [1.82, 2.24) is 14.9 Å². The summed E-state index contributed by atoms with van der Waals surface area (Å²) in [6.45, 7) is 6.50. The summed E-state index contributed by atoms with van der Waals surface area (Å²) in [7, 11) is 0. The third-order valence-electron chi connectivity index (χ3n) is 5.97. The maximum atomic E-state index is 12.3. The lowest BCUT2D eigenvalue weighted by Crippen LogP contribution is -2.35. The SMILES string of the molecule is CC1CCCN(CCCOc2ccc(C=NNc3nc(-c4ccccc4)c(C#N)c(=O)[nH]3)cc2)C1. The highest BCUT2D eigenvalue weighted by atomic mass is 16.5. The van der Waals surface area contributed by atoms with Crippen molar-refractivity contribution >= 4 is 12.2 Å². The molecule has 0 aliphatic carbocycles. The fraction of sp³-hybridized carbons (Fsp3) is 0.333. The lowest BCUT2D eigenvalue weighted by molar-refractivity contribution is 0.170. The van der Waals surface area contributed by atoms with Crippen LogP contribution in [-0.4, -0.2) is 47.3 Å². The zero-order valence-electron chi connectivity index (χ0n) is 19.9. The van der Waals surface area contributed by atoms with E-state index in [1.165, 1.54) is 25.9 Å². The monoisotopic (exact) mass is 470 g/mol. The second kappa shape index (κ2) is 12.0. The minimum absolute atomic E-state index is 0.0354. The molecule has 2 N–H and O–H groups in total. The predicted molar refractivity (Wildman–Crippen MR) is 138 cm³/mol. The van der Waals surface area contributed by atoms with Gasteiger partial charge >= 0.3 is 0 Å². The topological polar surface area (TPSA) is 106 Å². The molecule has 4 rings (SSSR count). The van der Waals surface area contributed by atoms with Gasteiger partial charge in [0.1, 0.15) is 17.4 Å². The number of H-pyrrole nitrogens is 1. The Kier molecular flexibility index (Phi) is 8.25. The molecule has 0 bridgehead atoms. The van der Waals surface area contributed by atoms with Crippen LogP contribution in [0, 0.1) is 17.2 Å². The summed E-state index contributed by atoms with van der Waals surface area (Å²) in [5.41, 5.74) is 4.05. The van der Waals surface area contributed by atoms with E-state index in [0.717, 1.165) is 30.2 Å². The summed E-state index contributed by atoms with van der Waals surface area (Å²) in [5, 5.41) is 13.5. The number of nitrogens with zero attached hydrogens (tertiary/aromatic N) is 4. The molecular formula is C27H30N6O2. The molecule has 3 aromatic rings. The number of likely N-dealkylation sites (tertiary alicyclic amines) is 1. The van der Waals surface area contributed by atoms with Crippen LogP contribution in [0.15, 0.2) is 64.5 Å². The van der Waals surface area contributed by atoms with Gasteiger partial charge in [-0.15, -0.1) is 0 Å². The van der Waals surface area contributed by atoms with Crippen molar-refractivity contribution in [2.45, 2.75) is 26.2 Å². The van der Waals surface area contributed by atoms with Gasteiger partial charge in [0.2, 0.25) is 5.95 Å². The largest absolute Gasteiger partial charge is 0.494 e. The number of aromatic amines is 1. The molecule has 1 aromatic heterocycles. The summed E-state index contributed by atoms with van der Waals surface area (Å²) in [5.74, 6) is 1.78. The first-order valence-electron chi connectivity index (χ1n) is 12.0. The zero-order valence-corrected chi connectivity index (χ0v) is 19.9. The fourth-order valence-electron chi connectivity index (χ4n) is 4.22. The Morgan fingerprint density at radius 2 is 2.06 bits per heavy atom. The standard InChI is InChI=1S/C27H30N6O2/c1-20-7-5-14-33(19-20)15-6-16-35-23-12-10-21(11-13-23)18-29-32-27-30-25(22-8-3-2-4-9-22)24(17-28)26(34)31-27/h2-4,8-13,18,20H,5-7,14-16,19H2,1H3,(H2,30,31,32,34). The maximum absolute atomic E-state index is 12.3. The molecule has 8 heteroatoms. The summed E-state index contributed by atoms with van der Waals surface area (Å²) >= 11 is 0. The van der Waals surface area contributed by atoms with Gasteiger partial charge in [0.15, 0.2) is 0 Å². The van der Waals surface area contributed by atoms with Gasteiger partial charge in [0, 0.05) is 18.7 Å². The summed E-state index contributed by atoms with van der Waals surface area (Å²) in [6, 6.07) is 18.7. The van der Waals surface area contributed by atoms with Crippen LogP contribution < -0.4 is 15.7 Å². The molecule has 1 atom stereocenters. The van der Waals surface area contributed by atoms with Crippen molar-refractivity contribution in [3.05, 3.63) is 76.1 Å². The number of benzene rings is 2. The first-order chi connectivity index (χ1) is 17.1. The summed E-state index contributed by atoms with van der Waals surface area (Å²) < 4.78 is 5.88. The molecule has 2 aromatic carbocycles. The van der Waals surface area contributed by atoms with E-state index < -0.39 is 5.56 Å². The third-order valence-corrected chi connectivity index (χ3v) is 5.97. The molecule has 1 fully saturated rings. The van der Waals surface area contributed by atoms with Gasteiger partial charge in [-0.2, -0.15) is 10.4 Å². The Balaban J connectivity index is 1.30. The van der Waals surface area contributed by atoms with Crippen LogP contribution >= 0.6 is 0 Å². The van der Waals surface area contributed by atoms with Gasteiger partial charge in [-0.1, -0.05) is 37.3 Å². The third kappa shape index (κ3) is 6.78. The average molecular weight is 471 g/mol. The quantitative estimate of drug-likeness (QED) is 0.275. The molecule has 1 unspecified atom stereocenters. The van der Waals surface area contributed by atoms with Crippen molar-refractivity contribution in [3.63, 3.8) is 0 Å². The molecule has 8 nitrogen and oxygen atoms in total. The van der Waals surface area contributed by atoms with Gasteiger partial charge in [-0.25, -0.2) is 10.4 Å². The van der Waals surface area contributed by atoms with Crippen LogP contribution in [0.25, 0.3) is 11.3 Å². The number of nitriles is 1. The Bertz CT molecular complexity index is 1230. The summed E-state index contributed by atoms with van der Waals surface area (Å²) in [4.78, 5) is 21.8. The van der Waals surface area contributed by atoms with E-state index in [-0.39, 0.29) is 11.5 Å². The summed E-state index contributed by atoms with van der Waals surface area (Å²) in [6.07, 6.45) is 5.28. The first kappa shape index (κ1) is 24.2. The Labute approximate surface area is 205 Å². The Morgan fingerprint density at radius 1 is 1.26 bits per heavy atom. The molecule has 0 saturated carbocycles. The van der Waals surface area contributed by atoms with Gasteiger partial charge in [0.25, 0.3) is 5.56 Å². The minimum atomic E-state index is -0.518. The van der Waals surface area contributed by atoms with Crippen molar-refractivity contribution in [1.29, 1.82) is 5.26 Å². The predicted octanol–water partition coefficient (Wildman–Crippen LogP) is 4.26. The highest BCUT2D eigenvalue weighted by Gasteiger charge is 2.15. The molecule has 0 spiro atoms. The molecule has 2 heterocycles. The van der Waals surface area contributed by atoms with E-state index in [0.29, 0.717) is 17.9 Å². The number of hydrazone groups is 1. The lowest BCUT2D eigenvalue weighted by Gasteiger charge is -2.30. The van der Waals surface area contributed by atoms with E-state index in [2.05, 4.69) is 32.3 Å². The minimum Gasteiger partial charge on any atom is -0.494 e. The van der Waals surface area contributed by atoms with Crippen molar-refractivity contribution in [2.24, 2.45) is 11.0 Å². The number of ether oxygens (including phenoxy) is 1. The molecule has 1 aliphatic heterocycles. The van der Waals surface area contributed by atoms with Crippen LogP contribution in [0.5, 0.6) is 5.75 Å². The van der Waals surface area contributed by atoms with E-state index in [1.54, 1.807) is 18.3 Å². The molecule has 1 saturated heterocycles. The van der Waals surface area contributed by atoms with Crippen molar-refractivity contribution in [3.8, 4) is 23.1 Å². The van der Waals surface area contributed by atoms with Gasteiger partial charge in [-0.3, -0.25) is 9.78 Å². The normalized spacial score (nSPS) is 16.2. The smallest absolute Gasteiger partial charge is 0.270 e. The van der Waals surface area contributed by atoms with E-state index in [1.807, 2.05) is 48.5 Å². The highest BCUT2D eigenvalue weighted by Crippen LogP contribution is 2.19. The maximum Gasteiger partial charge on any atom is 0.270 e. The van der Waals surface area contributed by atoms with E-state index >= 15 is 0 Å². The Hall–Kier alpha value is -3.96. The highest BCUT2D eigenvalue weighted by molar-refractivity contribution is 5.80. The molecule has 1 aliphatic rings. The molecule has 0 amide bonds. The van der Waals surface area contributed by atoms with Crippen LogP contribution in [-0.2, 0) is 0 Å². The number of hydrogen-bond acceptors (Lipinski definition) is 7. The molecule has 35 heavy (non-hydrogen) atoms. The first-order valence-corrected chi connectivity index (χ1v) is 12.0. The van der Waals surface area contributed by atoms with Crippen LogP contribution in [0.4, 0.5) is 5.95 Å².